The van der Waals surface area contributed by atoms with Crippen molar-refractivity contribution in [2.24, 2.45) is 0 Å². The molecule has 0 saturated carbocycles. The Kier molecular flexibility index (Phi) is 4.53. The van der Waals surface area contributed by atoms with Crippen LogP contribution >= 0.6 is 11.6 Å². The standard InChI is InChI=1S/C13H14ClF3N2O3/c1-7-5-18(6-8(2)22-7)11-4-10(14)9(13(15,16)17)3-12(11)19(20)21/h3-4,7-8H,5-6H2,1-2H3. The molecular formula is C13H14ClF3N2O3. The highest BCUT2D eigenvalue weighted by molar-refractivity contribution is 6.31. The van der Waals surface area contributed by atoms with Crippen molar-refractivity contribution in [3.05, 3.63) is 32.8 Å². The van der Waals surface area contributed by atoms with E-state index in [1.165, 1.54) is 0 Å². The molecule has 5 nitrogen and oxygen atoms in total. The molecule has 0 radical (unpaired) electrons. The number of rotatable bonds is 2. The lowest BCUT2D eigenvalue weighted by molar-refractivity contribution is -0.384. The van der Waals surface area contributed by atoms with Crippen LogP contribution in [0.4, 0.5) is 24.5 Å². The van der Waals surface area contributed by atoms with E-state index in [0.717, 1.165) is 6.07 Å². The highest BCUT2D eigenvalue weighted by Gasteiger charge is 2.37. The molecule has 9 heteroatoms. The summed E-state index contributed by atoms with van der Waals surface area (Å²) in [5.41, 5.74) is -1.75. The lowest BCUT2D eigenvalue weighted by Crippen LogP contribution is -2.45. The van der Waals surface area contributed by atoms with E-state index in [2.05, 4.69) is 0 Å². The fraction of sp³-hybridized carbons (Fsp3) is 0.538. The van der Waals surface area contributed by atoms with Gasteiger partial charge in [0.2, 0.25) is 0 Å². The van der Waals surface area contributed by atoms with Crippen LogP contribution in [-0.4, -0.2) is 30.2 Å². The van der Waals surface area contributed by atoms with Crippen LogP contribution in [0.15, 0.2) is 12.1 Å². The van der Waals surface area contributed by atoms with Gasteiger partial charge in [-0.15, -0.1) is 0 Å². The summed E-state index contributed by atoms with van der Waals surface area (Å²) in [6.45, 7) is 4.26. The minimum atomic E-state index is -4.74. The normalized spacial score (nSPS) is 22.7. The zero-order chi connectivity index (χ0) is 16.7. The Morgan fingerprint density at radius 2 is 1.86 bits per heavy atom. The topological polar surface area (TPSA) is 55.6 Å². The van der Waals surface area contributed by atoms with E-state index < -0.39 is 27.4 Å². The van der Waals surface area contributed by atoms with Crippen LogP contribution in [0.2, 0.25) is 5.02 Å². The summed E-state index contributed by atoms with van der Waals surface area (Å²) < 4.78 is 44.1. The summed E-state index contributed by atoms with van der Waals surface area (Å²) in [6, 6.07) is 1.50. The average Bonchev–Trinajstić information content (AvgIpc) is 2.35. The quantitative estimate of drug-likeness (QED) is 0.606. The first-order valence-corrected chi connectivity index (χ1v) is 6.93. The Morgan fingerprint density at radius 3 is 2.32 bits per heavy atom. The third-order valence-electron chi connectivity index (χ3n) is 3.33. The molecule has 0 bridgehead atoms. The largest absolute Gasteiger partial charge is 0.418 e. The van der Waals surface area contributed by atoms with Gasteiger partial charge in [0.15, 0.2) is 0 Å². The summed E-state index contributed by atoms with van der Waals surface area (Å²) in [5.74, 6) is 0. The van der Waals surface area contributed by atoms with Gasteiger partial charge in [0.25, 0.3) is 5.69 Å². The van der Waals surface area contributed by atoms with Crippen LogP contribution in [0.5, 0.6) is 0 Å². The SMILES string of the molecule is CC1CN(c2cc(Cl)c(C(F)(F)F)cc2[N+](=O)[O-])CC(C)O1. The van der Waals surface area contributed by atoms with Crippen molar-refractivity contribution in [1.82, 2.24) is 0 Å². The van der Waals surface area contributed by atoms with E-state index in [1.54, 1.807) is 18.7 Å². The lowest BCUT2D eigenvalue weighted by atomic mass is 10.1. The Labute approximate surface area is 129 Å². The summed E-state index contributed by atoms with van der Waals surface area (Å²) in [7, 11) is 0. The third kappa shape index (κ3) is 3.44. The number of hydrogen-bond acceptors (Lipinski definition) is 4. The van der Waals surface area contributed by atoms with E-state index >= 15 is 0 Å². The summed E-state index contributed by atoms with van der Waals surface area (Å²) >= 11 is 5.68. The van der Waals surface area contributed by atoms with Crippen molar-refractivity contribution in [3.63, 3.8) is 0 Å². The predicted octanol–water partition coefficient (Wildman–Crippen LogP) is 3.88. The molecule has 122 valence electrons. The number of hydrogen-bond donors (Lipinski definition) is 0. The zero-order valence-corrected chi connectivity index (χ0v) is 12.6. The van der Waals surface area contributed by atoms with Gasteiger partial charge in [-0.2, -0.15) is 13.2 Å². The number of nitro benzene ring substituents is 1. The maximum atomic E-state index is 12.8. The predicted molar refractivity (Wildman–Crippen MR) is 75.3 cm³/mol. The Balaban J connectivity index is 2.51. The number of benzene rings is 1. The van der Waals surface area contributed by atoms with Crippen molar-refractivity contribution in [2.45, 2.75) is 32.2 Å². The molecule has 1 aliphatic heterocycles. The number of morpholine rings is 1. The van der Waals surface area contributed by atoms with Crippen molar-refractivity contribution in [3.8, 4) is 0 Å². The van der Waals surface area contributed by atoms with Gasteiger partial charge in [0, 0.05) is 19.2 Å². The molecule has 1 saturated heterocycles. The second-order valence-corrected chi connectivity index (χ2v) is 5.65. The molecule has 1 aromatic carbocycles. The van der Waals surface area contributed by atoms with Crippen molar-refractivity contribution >= 4 is 23.0 Å². The molecule has 0 aromatic heterocycles. The minimum Gasteiger partial charge on any atom is -0.372 e. The Bertz CT molecular complexity index is 585. The molecular weight excluding hydrogens is 325 g/mol. The zero-order valence-electron chi connectivity index (χ0n) is 11.9. The molecule has 0 amide bonds. The molecule has 1 fully saturated rings. The molecule has 22 heavy (non-hydrogen) atoms. The van der Waals surface area contributed by atoms with Crippen LogP contribution in [0, 0.1) is 10.1 Å². The minimum absolute atomic E-state index is 0.0741. The maximum Gasteiger partial charge on any atom is 0.418 e. The van der Waals surface area contributed by atoms with Crippen LogP contribution < -0.4 is 4.90 Å². The highest BCUT2D eigenvalue weighted by atomic mass is 35.5. The number of halogens is 4. The molecule has 1 aliphatic rings. The van der Waals surface area contributed by atoms with Crippen molar-refractivity contribution < 1.29 is 22.8 Å². The van der Waals surface area contributed by atoms with E-state index in [-0.39, 0.29) is 17.9 Å². The number of alkyl halides is 3. The molecule has 2 atom stereocenters. The van der Waals surface area contributed by atoms with E-state index in [0.29, 0.717) is 19.2 Å². The molecule has 0 N–H and O–H groups in total. The van der Waals surface area contributed by atoms with Gasteiger partial charge in [-0.1, -0.05) is 11.6 Å². The van der Waals surface area contributed by atoms with Crippen LogP contribution in [0.3, 0.4) is 0 Å². The summed E-state index contributed by atoms with van der Waals surface area (Å²) in [5, 5.41) is 10.6. The average molecular weight is 339 g/mol. The lowest BCUT2D eigenvalue weighted by Gasteiger charge is -2.36. The molecule has 1 aromatic rings. The fourth-order valence-electron chi connectivity index (χ4n) is 2.54. The molecule has 2 rings (SSSR count). The molecule has 1 heterocycles. The first-order chi connectivity index (χ1) is 10.1. The van der Waals surface area contributed by atoms with Gasteiger partial charge in [0.05, 0.1) is 27.7 Å². The Hall–Kier alpha value is -1.54. The molecule has 0 spiro atoms. The van der Waals surface area contributed by atoms with E-state index in [9.17, 15) is 23.3 Å². The van der Waals surface area contributed by atoms with Crippen LogP contribution in [0.1, 0.15) is 19.4 Å². The second kappa shape index (κ2) is 5.92. The fourth-order valence-corrected chi connectivity index (χ4v) is 2.81. The Morgan fingerprint density at radius 1 is 1.32 bits per heavy atom. The van der Waals surface area contributed by atoms with Gasteiger partial charge in [-0.05, 0) is 19.9 Å². The van der Waals surface area contributed by atoms with Crippen LogP contribution in [-0.2, 0) is 10.9 Å². The van der Waals surface area contributed by atoms with Crippen molar-refractivity contribution in [1.29, 1.82) is 0 Å². The van der Waals surface area contributed by atoms with Gasteiger partial charge in [-0.3, -0.25) is 10.1 Å². The number of anilines is 1. The highest BCUT2D eigenvalue weighted by Crippen LogP contribution is 2.42. The molecule has 2 unspecified atom stereocenters. The first kappa shape index (κ1) is 16.8. The van der Waals surface area contributed by atoms with Gasteiger partial charge >= 0.3 is 6.18 Å². The second-order valence-electron chi connectivity index (χ2n) is 5.24. The number of nitrogens with zero attached hydrogens (tertiary/aromatic N) is 2. The van der Waals surface area contributed by atoms with Gasteiger partial charge in [0.1, 0.15) is 5.69 Å². The van der Waals surface area contributed by atoms with Crippen LogP contribution in [0.25, 0.3) is 0 Å². The first-order valence-electron chi connectivity index (χ1n) is 6.55. The summed E-state index contributed by atoms with van der Waals surface area (Å²) in [6.07, 6.45) is -5.12. The third-order valence-corrected chi connectivity index (χ3v) is 3.64. The monoisotopic (exact) mass is 338 g/mol. The maximum absolute atomic E-state index is 12.8. The number of ether oxygens (including phenoxy) is 1. The van der Waals surface area contributed by atoms with Crippen molar-refractivity contribution in [2.75, 3.05) is 18.0 Å². The number of nitro groups is 1. The van der Waals surface area contributed by atoms with Gasteiger partial charge in [-0.25, -0.2) is 0 Å². The van der Waals surface area contributed by atoms with E-state index in [1.807, 2.05) is 0 Å². The summed E-state index contributed by atoms with van der Waals surface area (Å²) in [4.78, 5) is 12.0. The molecule has 0 aliphatic carbocycles. The van der Waals surface area contributed by atoms with E-state index in [4.69, 9.17) is 16.3 Å². The smallest absolute Gasteiger partial charge is 0.372 e. The van der Waals surface area contributed by atoms with Gasteiger partial charge < -0.3 is 9.64 Å².